The van der Waals surface area contributed by atoms with E-state index in [-0.39, 0.29) is 17.1 Å². The molecule has 1 amide bonds. The van der Waals surface area contributed by atoms with Crippen molar-refractivity contribution in [1.82, 2.24) is 4.90 Å². The summed E-state index contributed by atoms with van der Waals surface area (Å²) >= 11 is 0. The lowest BCUT2D eigenvalue weighted by molar-refractivity contribution is 0.0725. The highest BCUT2D eigenvalue weighted by Crippen LogP contribution is 2.45. The number of benzene rings is 2. The molecule has 0 fully saturated rings. The molecule has 1 unspecified atom stereocenters. The highest BCUT2D eigenvalue weighted by atomic mass is 16.5. The van der Waals surface area contributed by atoms with Gasteiger partial charge in [-0.05, 0) is 55.2 Å². The van der Waals surface area contributed by atoms with Crippen LogP contribution >= 0.6 is 0 Å². The minimum absolute atomic E-state index is 0.106. The number of nitrogens with zero attached hydrogens (tertiary/aromatic N) is 1. The summed E-state index contributed by atoms with van der Waals surface area (Å²) in [7, 11) is 4.61. The summed E-state index contributed by atoms with van der Waals surface area (Å²) in [5.41, 5.74) is 3.10. The molecule has 7 heteroatoms. The van der Waals surface area contributed by atoms with E-state index in [1.54, 1.807) is 17.0 Å². The van der Waals surface area contributed by atoms with Crippen LogP contribution in [0.25, 0.3) is 11.0 Å². The molecule has 1 atom stereocenters. The predicted molar refractivity (Wildman–Crippen MR) is 126 cm³/mol. The Kier molecular flexibility index (Phi) is 6.06. The van der Waals surface area contributed by atoms with E-state index in [9.17, 15) is 9.59 Å². The molecule has 1 aromatic heterocycles. The average Bonchev–Trinajstić information content (AvgIpc) is 3.09. The third kappa shape index (κ3) is 3.61. The Bertz CT molecular complexity index is 1270. The van der Waals surface area contributed by atoms with Crippen molar-refractivity contribution in [2.45, 2.75) is 39.7 Å². The van der Waals surface area contributed by atoms with Gasteiger partial charge < -0.3 is 23.5 Å². The van der Waals surface area contributed by atoms with Gasteiger partial charge in [-0.25, -0.2) is 0 Å². The normalized spacial score (nSPS) is 15.2. The molecule has 4 rings (SSSR count). The van der Waals surface area contributed by atoms with Gasteiger partial charge in [-0.3, -0.25) is 9.59 Å². The summed E-state index contributed by atoms with van der Waals surface area (Å²) in [5.74, 6) is 1.19. The lowest BCUT2D eigenvalue weighted by Crippen LogP contribution is -2.30. The van der Waals surface area contributed by atoms with E-state index in [0.29, 0.717) is 45.9 Å². The molecule has 0 saturated heterocycles. The quantitative estimate of drug-likeness (QED) is 0.514. The van der Waals surface area contributed by atoms with Crippen molar-refractivity contribution in [2.24, 2.45) is 0 Å². The number of ether oxygens (including phenoxy) is 3. The van der Waals surface area contributed by atoms with Gasteiger partial charge in [0.2, 0.25) is 11.5 Å². The van der Waals surface area contributed by atoms with E-state index in [1.165, 1.54) is 21.3 Å². The Morgan fingerprint density at radius 1 is 0.970 bits per heavy atom. The molecule has 0 N–H and O–H groups in total. The fraction of sp³-hybridized carbons (Fsp3) is 0.385. The second kappa shape index (κ2) is 8.81. The van der Waals surface area contributed by atoms with E-state index in [1.807, 2.05) is 26.0 Å². The first kappa shape index (κ1) is 22.7. The minimum atomic E-state index is -0.616. The molecular formula is C26H29NO6. The molecule has 0 spiro atoms. The first-order chi connectivity index (χ1) is 15.9. The summed E-state index contributed by atoms with van der Waals surface area (Å²) in [4.78, 5) is 29.0. The fourth-order valence-electron chi connectivity index (χ4n) is 4.64. The van der Waals surface area contributed by atoms with Gasteiger partial charge in [0.1, 0.15) is 5.58 Å². The van der Waals surface area contributed by atoms with Crippen LogP contribution in [0.4, 0.5) is 0 Å². The van der Waals surface area contributed by atoms with Crippen LogP contribution < -0.4 is 19.6 Å². The Balaban J connectivity index is 2.03. The first-order valence-corrected chi connectivity index (χ1v) is 11.0. The van der Waals surface area contributed by atoms with Gasteiger partial charge in [0.15, 0.2) is 16.9 Å². The highest BCUT2D eigenvalue weighted by Gasteiger charge is 2.43. The van der Waals surface area contributed by atoms with Crippen LogP contribution in [0.15, 0.2) is 33.5 Å². The number of carbonyl (C=O) groups is 1. The van der Waals surface area contributed by atoms with Crippen molar-refractivity contribution in [3.63, 3.8) is 0 Å². The molecule has 7 nitrogen and oxygen atoms in total. The monoisotopic (exact) mass is 451 g/mol. The number of carbonyl (C=O) groups excluding carboxylic acids is 1. The third-order valence-corrected chi connectivity index (χ3v) is 6.15. The van der Waals surface area contributed by atoms with Crippen molar-refractivity contribution >= 4 is 16.9 Å². The number of fused-ring (bicyclic) bond motifs is 2. The molecule has 2 aromatic carbocycles. The lowest BCUT2D eigenvalue weighted by Gasteiger charge is -2.26. The minimum Gasteiger partial charge on any atom is -0.493 e. The zero-order valence-electron chi connectivity index (χ0n) is 19.9. The second-order valence-corrected chi connectivity index (χ2v) is 8.35. The predicted octanol–water partition coefficient (Wildman–Crippen LogP) is 4.78. The van der Waals surface area contributed by atoms with Gasteiger partial charge in [-0.2, -0.15) is 0 Å². The number of hydrogen-bond donors (Lipinski definition) is 0. The fourth-order valence-corrected chi connectivity index (χ4v) is 4.64. The molecule has 0 saturated carbocycles. The number of methoxy groups -OCH3 is 3. The van der Waals surface area contributed by atoms with E-state index in [0.717, 1.165) is 24.0 Å². The van der Waals surface area contributed by atoms with Crippen molar-refractivity contribution in [3.05, 3.63) is 62.5 Å². The van der Waals surface area contributed by atoms with Crippen molar-refractivity contribution in [2.75, 3.05) is 27.9 Å². The molecule has 1 aliphatic rings. The van der Waals surface area contributed by atoms with Crippen molar-refractivity contribution < 1.29 is 23.4 Å². The van der Waals surface area contributed by atoms with E-state index < -0.39 is 6.04 Å². The second-order valence-electron chi connectivity index (χ2n) is 8.35. The molecular weight excluding hydrogens is 422 g/mol. The van der Waals surface area contributed by atoms with Gasteiger partial charge in [-0.15, -0.1) is 0 Å². The van der Waals surface area contributed by atoms with E-state index >= 15 is 0 Å². The zero-order valence-corrected chi connectivity index (χ0v) is 19.9. The molecule has 0 aliphatic carbocycles. The number of hydrogen-bond acceptors (Lipinski definition) is 6. The first-order valence-electron chi connectivity index (χ1n) is 11.0. The van der Waals surface area contributed by atoms with Crippen LogP contribution in [0.2, 0.25) is 0 Å². The van der Waals surface area contributed by atoms with Crippen molar-refractivity contribution in [1.29, 1.82) is 0 Å². The Labute approximate surface area is 192 Å². The van der Waals surface area contributed by atoms with Crippen LogP contribution in [-0.4, -0.2) is 38.7 Å². The van der Waals surface area contributed by atoms with Gasteiger partial charge in [0.05, 0.1) is 38.3 Å². The highest BCUT2D eigenvalue weighted by molar-refractivity contribution is 5.99. The molecule has 0 bridgehead atoms. The maximum atomic E-state index is 13.8. The smallest absolute Gasteiger partial charge is 0.290 e. The molecule has 174 valence electrons. The molecule has 2 heterocycles. The molecule has 0 radical (unpaired) electrons. The van der Waals surface area contributed by atoms with Crippen LogP contribution in [0.1, 0.15) is 58.6 Å². The Morgan fingerprint density at radius 2 is 1.64 bits per heavy atom. The topological polar surface area (TPSA) is 78.2 Å². The third-order valence-electron chi connectivity index (χ3n) is 6.15. The van der Waals surface area contributed by atoms with Crippen molar-refractivity contribution in [3.8, 4) is 17.2 Å². The molecule has 33 heavy (non-hydrogen) atoms. The van der Waals surface area contributed by atoms with Crippen LogP contribution in [-0.2, 0) is 0 Å². The summed E-state index contributed by atoms with van der Waals surface area (Å²) in [6.07, 6.45) is 1.70. The van der Waals surface area contributed by atoms with Crippen LogP contribution in [0, 0.1) is 13.8 Å². The van der Waals surface area contributed by atoms with E-state index in [4.69, 9.17) is 18.6 Å². The largest absolute Gasteiger partial charge is 0.493 e. The standard InChI is InChI=1S/C26H29NO6/c1-7-8-9-27-21(16-12-18(30-4)24(32-6)19(13-16)31-5)20-22(28)17-11-14(2)10-15(3)23(17)33-25(20)26(27)29/h10-13,21H,7-9H2,1-6H3. The Morgan fingerprint density at radius 3 is 2.21 bits per heavy atom. The molecule has 1 aliphatic heterocycles. The summed E-state index contributed by atoms with van der Waals surface area (Å²) in [6, 6.07) is 6.73. The number of aryl methyl sites for hydroxylation is 2. The summed E-state index contributed by atoms with van der Waals surface area (Å²) < 4.78 is 22.6. The SMILES string of the molecule is CCCCN1C(=O)c2oc3c(C)cc(C)cc3c(=O)c2C1c1cc(OC)c(OC)c(OC)c1. The van der Waals surface area contributed by atoms with Crippen LogP contribution in [0.3, 0.4) is 0 Å². The lowest BCUT2D eigenvalue weighted by atomic mass is 9.96. The maximum Gasteiger partial charge on any atom is 0.290 e. The summed E-state index contributed by atoms with van der Waals surface area (Å²) in [6.45, 7) is 6.38. The van der Waals surface area contributed by atoms with Gasteiger partial charge in [0.25, 0.3) is 5.91 Å². The van der Waals surface area contributed by atoms with Crippen LogP contribution in [0.5, 0.6) is 17.2 Å². The number of amides is 1. The zero-order chi connectivity index (χ0) is 23.9. The average molecular weight is 452 g/mol. The van der Waals surface area contributed by atoms with Gasteiger partial charge >= 0.3 is 0 Å². The van der Waals surface area contributed by atoms with Gasteiger partial charge in [0, 0.05) is 6.54 Å². The number of rotatable bonds is 7. The number of unbranched alkanes of at least 4 members (excludes halogenated alkanes) is 1. The van der Waals surface area contributed by atoms with Gasteiger partial charge in [-0.1, -0.05) is 19.4 Å². The van der Waals surface area contributed by atoms with E-state index in [2.05, 4.69) is 6.92 Å². The maximum absolute atomic E-state index is 13.8. The summed E-state index contributed by atoms with van der Waals surface area (Å²) in [5, 5.41) is 0.480. The Hall–Kier alpha value is -3.48. The molecule has 3 aromatic rings.